The van der Waals surface area contributed by atoms with E-state index in [1.54, 1.807) is 12.1 Å². The number of allylic oxidation sites excluding steroid dienone is 1. The molecule has 1 unspecified atom stereocenters. The maximum absolute atomic E-state index is 11.9. The lowest BCUT2D eigenvalue weighted by Gasteiger charge is -2.28. The van der Waals surface area contributed by atoms with Gasteiger partial charge in [0.25, 0.3) is 0 Å². The van der Waals surface area contributed by atoms with Gasteiger partial charge in [0.05, 0.1) is 0 Å². The van der Waals surface area contributed by atoms with Crippen LogP contribution in [0.4, 0.5) is 0 Å². The predicted molar refractivity (Wildman–Crippen MR) is 65.7 cm³/mol. The Morgan fingerprint density at radius 2 is 1.88 bits per heavy atom. The molecule has 0 N–H and O–H groups in total. The molecule has 0 spiro atoms. The van der Waals surface area contributed by atoms with Crippen molar-refractivity contribution in [3.05, 3.63) is 40.3 Å². The smallest absolute Gasteiger partial charge is 0.243 e. The summed E-state index contributed by atoms with van der Waals surface area (Å²) in [5, 5.41) is 0. The van der Waals surface area contributed by atoms with Gasteiger partial charge in [0.15, 0.2) is 0 Å². The van der Waals surface area contributed by atoms with Crippen LogP contribution in [0.1, 0.15) is 22.8 Å². The first-order chi connectivity index (χ1) is 8.18. The van der Waals surface area contributed by atoms with Gasteiger partial charge in [-0.25, -0.2) is 0 Å². The van der Waals surface area contributed by atoms with E-state index in [0.29, 0.717) is 22.0 Å². The van der Waals surface area contributed by atoms with Crippen molar-refractivity contribution in [3.8, 4) is 0 Å². The van der Waals surface area contributed by atoms with Gasteiger partial charge in [-0.15, -0.1) is 11.8 Å². The van der Waals surface area contributed by atoms with Crippen LogP contribution in [0, 0.1) is 0 Å². The number of ether oxygens (including phenoxy) is 1. The first kappa shape index (κ1) is 10.6. The second kappa shape index (κ2) is 3.74. The van der Waals surface area contributed by atoms with Crippen molar-refractivity contribution in [2.45, 2.75) is 13.0 Å². The molecule has 1 aromatic carbocycles. The van der Waals surface area contributed by atoms with Gasteiger partial charge in [0.1, 0.15) is 16.8 Å². The van der Waals surface area contributed by atoms with Gasteiger partial charge >= 0.3 is 0 Å². The summed E-state index contributed by atoms with van der Waals surface area (Å²) in [4.78, 5) is 24.3. The van der Waals surface area contributed by atoms with Gasteiger partial charge in [-0.05, 0) is 6.92 Å². The molecule has 0 bridgehead atoms. The zero-order chi connectivity index (χ0) is 12.0. The van der Waals surface area contributed by atoms with Gasteiger partial charge in [0.2, 0.25) is 11.6 Å². The van der Waals surface area contributed by atoms with Crippen molar-refractivity contribution in [3.63, 3.8) is 0 Å². The van der Waals surface area contributed by atoms with E-state index < -0.39 is 11.6 Å². The number of carbonyl (C=O) groups is 2. The zero-order valence-corrected chi connectivity index (χ0v) is 10.0. The summed E-state index contributed by atoms with van der Waals surface area (Å²) in [5.41, 5.74) is 1.19. The highest BCUT2D eigenvalue weighted by Gasteiger charge is 2.36. The average Bonchev–Trinajstić information content (AvgIpc) is 2.36. The molecule has 3 nitrogen and oxygen atoms in total. The SMILES string of the molecule is CC1CSC2=C(O1)c1ccccc1C(=O)C2=O. The number of hydrogen-bond acceptors (Lipinski definition) is 4. The zero-order valence-electron chi connectivity index (χ0n) is 9.23. The second-order valence-corrected chi connectivity index (χ2v) is 5.13. The van der Waals surface area contributed by atoms with Crippen LogP contribution in [0.25, 0.3) is 5.76 Å². The Labute approximate surface area is 103 Å². The lowest BCUT2D eigenvalue weighted by atomic mass is 9.93. The molecule has 0 saturated heterocycles. The predicted octanol–water partition coefficient (Wildman–Crippen LogP) is 2.27. The summed E-state index contributed by atoms with van der Waals surface area (Å²) in [7, 11) is 0. The van der Waals surface area contributed by atoms with Crippen LogP contribution < -0.4 is 0 Å². The molecule has 1 aliphatic heterocycles. The third-order valence-electron chi connectivity index (χ3n) is 2.82. The third kappa shape index (κ3) is 1.52. The molecule has 0 amide bonds. The van der Waals surface area contributed by atoms with Crippen LogP contribution in [0.2, 0.25) is 0 Å². The summed E-state index contributed by atoms with van der Waals surface area (Å²) >= 11 is 1.41. The molecule has 1 aromatic rings. The van der Waals surface area contributed by atoms with E-state index in [0.717, 1.165) is 5.56 Å². The normalized spacial score (nSPS) is 23.0. The number of rotatable bonds is 0. The van der Waals surface area contributed by atoms with Crippen LogP contribution in [0.5, 0.6) is 0 Å². The van der Waals surface area contributed by atoms with E-state index in [1.807, 2.05) is 19.1 Å². The Morgan fingerprint density at radius 3 is 2.65 bits per heavy atom. The lowest BCUT2D eigenvalue weighted by Crippen LogP contribution is -2.28. The van der Waals surface area contributed by atoms with Gasteiger partial charge in [0, 0.05) is 16.9 Å². The van der Waals surface area contributed by atoms with E-state index in [1.165, 1.54) is 11.8 Å². The molecule has 4 heteroatoms. The van der Waals surface area contributed by atoms with E-state index in [9.17, 15) is 9.59 Å². The molecule has 1 aliphatic carbocycles. The van der Waals surface area contributed by atoms with E-state index >= 15 is 0 Å². The van der Waals surface area contributed by atoms with E-state index in [2.05, 4.69) is 0 Å². The van der Waals surface area contributed by atoms with Crippen LogP contribution in [-0.2, 0) is 9.53 Å². The topological polar surface area (TPSA) is 43.4 Å². The minimum atomic E-state index is -0.435. The Bertz CT molecular complexity index is 560. The molecule has 0 aromatic heterocycles. The highest BCUT2D eigenvalue weighted by Crippen LogP contribution is 2.40. The van der Waals surface area contributed by atoms with Crippen molar-refractivity contribution < 1.29 is 14.3 Å². The molecule has 1 heterocycles. The number of fused-ring (bicyclic) bond motifs is 2. The standard InChI is InChI=1S/C13H10O3S/c1-7-6-17-13-11(15)10(14)8-4-2-3-5-9(8)12(13)16-7/h2-5,7H,6H2,1H3. The van der Waals surface area contributed by atoms with Gasteiger partial charge in [-0.1, -0.05) is 24.3 Å². The fourth-order valence-electron chi connectivity index (χ4n) is 2.01. The highest BCUT2D eigenvalue weighted by atomic mass is 32.2. The molecule has 17 heavy (non-hydrogen) atoms. The van der Waals surface area contributed by atoms with Crippen molar-refractivity contribution in [2.24, 2.45) is 0 Å². The van der Waals surface area contributed by atoms with Crippen LogP contribution in [0.3, 0.4) is 0 Å². The Balaban J connectivity index is 2.24. The summed E-state index contributed by atoms with van der Waals surface area (Å²) in [6, 6.07) is 7.11. The van der Waals surface area contributed by atoms with Crippen LogP contribution >= 0.6 is 11.8 Å². The van der Waals surface area contributed by atoms with Crippen molar-refractivity contribution in [1.82, 2.24) is 0 Å². The fraction of sp³-hybridized carbons (Fsp3) is 0.231. The molecule has 86 valence electrons. The average molecular weight is 246 g/mol. The van der Waals surface area contributed by atoms with Crippen molar-refractivity contribution in [2.75, 3.05) is 5.75 Å². The quantitative estimate of drug-likeness (QED) is 0.659. The minimum Gasteiger partial charge on any atom is -0.488 e. The molecule has 3 rings (SSSR count). The molecule has 0 fully saturated rings. The summed E-state index contributed by atoms with van der Waals surface area (Å²) in [5.74, 6) is 0.426. The van der Waals surface area contributed by atoms with Crippen molar-refractivity contribution in [1.29, 1.82) is 0 Å². The molecule has 0 radical (unpaired) electrons. The fourth-order valence-corrected chi connectivity index (χ4v) is 3.00. The Morgan fingerprint density at radius 1 is 1.18 bits per heavy atom. The monoisotopic (exact) mass is 246 g/mol. The van der Waals surface area contributed by atoms with E-state index in [4.69, 9.17) is 4.74 Å². The summed E-state index contributed by atoms with van der Waals surface area (Å²) < 4.78 is 5.72. The van der Waals surface area contributed by atoms with E-state index in [-0.39, 0.29) is 6.10 Å². The molecular weight excluding hydrogens is 236 g/mol. The van der Waals surface area contributed by atoms with Crippen LogP contribution in [-0.4, -0.2) is 23.4 Å². The second-order valence-electron chi connectivity index (χ2n) is 4.10. The lowest BCUT2D eigenvalue weighted by molar-refractivity contribution is -0.111. The summed E-state index contributed by atoms with van der Waals surface area (Å²) in [6.45, 7) is 1.96. The van der Waals surface area contributed by atoms with Gasteiger partial charge in [-0.2, -0.15) is 0 Å². The van der Waals surface area contributed by atoms with Gasteiger partial charge in [-0.3, -0.25) is 9.59 Å². The molecular formula is C13H10O3S. The first-order valence-electron chi connectivity index (χ1n) is 5.40. The molecule has 2 aliphatic rings. The Hall–Kier alpha value is -1.55. The largest absolute Gasteiger partial charge is 0.488 e. The number of thioether (sulfide) groups is 1. The summed E-state index contributed by atoms with van der Waals surface area (Å²) in [6.07, 6.45) is 0.0628. The number of Topliss-reactive ketones (excluding diaryl/α,β-unsaturated/α-hetero) is 2. The number of ketones is 2. The highest BCUT2D eigenvalue weighted by molar-refractivity contribution is 8.04. The van der Waals surface area contributed by atoms with Gasteiger partial charge < -0.3 is 4.74 Å². The maximum Gasteiger partial charge on any atom is 0.243 e. The molecule has 1 atom stereocenters. The van der Waals surface area contributed by atoms with Crippen molar-refractivity contribution >= 4 is 29.1 Å². The number of hydrogen-bond donors (Lipinski definition) is 0. The molecule has 0 saturated carbocycles. The van der Waals surface area contributed by atoms with Crippen LogP contribution in [0.15, 0.2) is 29.2 Å². The number of carbonyl (C=O) groups excluding carboxylic acids is 2. The minimum absolute atomic E-state index is 0.0628. The number of benzene rings is 1. The first-order valence-corrected chi connectivity index (χ1v) is 6.39. The Kier molecular flexibility index (Phi) is 2.33. The maximum atomic E-state index is 11.9. The third-order valence-corrected chi connectivity index (χ3v) is 4.11.